The summed E-state index contributed by atoms with van der Waals surface area (Å²) in [5, 5.41) is 11.1. The molecule has 1 heterocycles. The smallest absolute Gasteiger partial charge is 0.226 e. The average molecular weight is 383 g/mol. The molecule has 0 aliphatic heterocycles. The Balaban J connectivity index is 1.53. The van der Waals surface area contributed by atoms with Gasteiger partial charge in [0.05, 0.1) is 16.4 Å². The molecule has 5 nitrogen and oxygen atoms in total. The number of nitrogens with one attached hydrogen (secondary N) is 2. The number of aryl methyl sites for hydroxylation is 3. The van der Waals surface area contributed by atoms with E-state index in [1.54, 1.807) is 6.07 Å². The number of hydrogen-bond acceptors (Lipinski definition) is 3. The van der Waals surface area contributed by atoms with Gasteiger partial charge in [-0.25, -0.2) is 0 Å². The summed E-state index contributed by atoms with van der Waals surface area (Å²) in [5.74, 6) is -0.0661. The second-order valence-corrected chi connectivity index (χ2v) is 6.89. The number of anilines is 2. The topological polar surface area (TPSA) is 59.0 Å². The van der Waals surface area contributed by atoms with Crippen LogP contribution in [0.15, 0.2) is 54.6 Å². The standard InChI is InChI=1S/C21H23ClN4O/c1-15-12-16(2)26(25-15)11-10-21(27)24-18-8-9-20(19(22)13-18)23-14-17-6-4-3-5-7-17/h3-9,12-13,23H,10-11,14H2,1-2H3,(H,24,27). The van der Waals surface area contributed by atoms with E-state index < -0.39 is 0 Å². The van der Waals surface area contributed by atoms with Crippen molar-refractivity contribution >= 4 is 28.9 Å². The molecule has 0 aliphatic carbocycles. The van der Waals surface area contributed by atoms with E-state index in [4.69, 9.17) is 11.6 Å². The molecule has 0 bridgehead atoms. The summed E-state index contributed by atoms with van der Waals surface area (Å²) in [4.78, 5) is 12.2. The molecule has 140 valence electrons. The van der Waals surface area contributed by atoms with Crippen LogP contribution in [0.2, 0.25) is 5.02 Å². The summed E-state index contributed by atoms with van der Waals surface area (Å²) >= 11 is 6.35. The zero-order chi connectivity index (χ0) is 19.2. The Bertz CT molecular complexity index is 921. The first-order valence-corrected chi connectivity index (χ1v) is 9.27. The summed E-state index contributed by atoms with van der Waals surface area (Å²) in [6.07, 6.45) is 0.355. The number of carbonyl (C=O) groups is 1. The number of benzene rings is 2. The molecule has 1 aromatic heterocycles. The minimum Gasteiger partial charge on any atom is -0.380 e. The van der Waals surface area contributed by atoms with Crippen LogP contribution in [0.5, 0.6) is 0 Å². The lowest BCUT2D eigenvalue weighted by atomic mass is 10.2. The zero-order valence-corrected chi connectivity index (χ0v) is 16.3. The highest BCUT2D eigenvalue weighted by molar-refractivity contribution is 6.33. The quantitative estimate of drug-likeness (QED) is 0.617. The van der Waals surface area contributed by atoms with Gasteiger partial charge in [-0.15, -0.1) is 0 Å². The maximum atomic E-state index is 12.2. The van der Waals surface area contributed by atoms with E-state index in [2.05, 4.69) is 27.9 Å². The number of hydrogen-bond donors (Lipinski definition) is 2. The first-order valence-electron chi connectivity index (χ1n) is 8.89. The summed E-state index contributed by atoms with van der Waals surface area (Å²) in [6.45, 7) is 5.17. The molecule has 0 unspecified atom stereocenters. The van der Waals surface area contributed by atoms with Crippen molar-refractivity contribution in [3.8, 4) is 0 Å². The minimum atomic E-state index is -0.0661. The van der Waals surface area contributed by atoms with E-state index in [0.29, 0.717) is 30.2 Å². The lowest BCUT2D eigenvalue weighted by Gasteiger charge is -2.11. The van der Waals surface area contributed by atoms with Crippen LogP contribution < -0.4 is 10.6 Å². The van der Waals surface area contributed by atoms with E-state index in [-0.39, 0.29) is 5.91 Å². The van der Waals surface area contributed by atoms with Crippen LogP contribution in [0.1, 0.15) is 23.4 Å². The number of amides is 1. The van der Waals surface area contributed by atoms with Crippen LogP contribution >= 0.6 is 11.6 Å². The molecule has 6 heteroatoms. The molecular formula is C21H23ClN4O. The van der Waals surface area contributed by atoms with Gasteiger partial charge in [0, 0.05) is 30.9 Å². The molecule has 0 saturated carbocycles. The minimum absolute atomic E-state index is 0.0661. The van der Waals surface area contributed by atoms with Gasteiger partial charge in [-0.05, 0) is 43.7 Å². The molecular weight excluding hydrogens is 360 g/mol. The van der Waals surface area contributed by atoms with Gasteiger partial charge < -0.3 is 10.6 Å². The van der Waals surface area contributed by atoms with E-state index >= 15 is 0 Å². The maximum absolute atomic E-state index is 12.2. The summed E-state index contributed by atoms with van der Waals surface area (Å²) < 4.78 is 1.85. The van der Waals surface area contributed by atoms with Crippen molar-refractivity contribution in [1.82, 2.24) is 9.78 Å². The number of halogens is 1. The van der Waals surface area contributed by atoms with Crippen LogP contribution in [0, 0.1) is 13.8 Å². The molecule has 1 amide bonds. The molecule has 0 fully saturated rings. The van der Waals surface area contributed by atoms with Crippen molar-refractivity contribution in [1.29, 1.82) is 0 Å². The highest BCUT2D eigenvalue weighted by Gasteiger charge is 2.08. The van der Waals surface area contributed by atoms with E-state index in [9.17, 15) is 4.79 Å². The highest BCUT2D eigenvalue weighted by Crippen LogP contribution is 2.26. The molecule has 2 N–H and O–H groups in total. The number of nitrogens with zero attached hydrogens (tertiary/aromatic N) is 2. The summed E-state index contributed by atoms with van der Waals surface area (Å²) in [7, 11) is 0. The van der Waals surface area contributed by atoms with Crippen LogP contribution in [-0.4, -0.2) is 15.7 Å². The van der Waals surface area contributed by atoms with Crippen molar-refractivity contribution in [2.45, 2.75) is 33.4 Å². The Kier molecular flexibility index (Phi) is 6.14. The number of rotatable bonds is 7. The predicted octanol–water partition coefficient (Wildman–Crippen LogP) is 4.79. The highest BCUT2D eigenvalue weighted by atomic mass is 35.5. The predicted molar refractivity (Wildman–Crippen MR) is 110 cm³/mol. The van der Waals surface area contributed by atoms with Crippen molar-refractivity contribution in [3.63, 3.8) is 0 Å². The van der Waals surface area contributed by atoms with E-state index in [1.807, 2.05) is 54.9 Å². The molecule has 0 spiro atoms. The fourth-order valence-corrected chi connectivity index (χ4v) is 3.11. The molecule has 0 atom stereocenters. The van der Waals surface area contributed by atoms with Crippen molar-refractivity contribution in [2.75, 3.05) is 10.6 Å². The number of carbonyl (C=O) groups excluding carboxylic acids is 1. The van der Waals surface area contributed by atoms with Gasteiger partial charge in [-0.1, -0.05) is 41.9 Å². The van der Waals surface area contributed by atoms with Crippen molar-refractivity contribution < 1.29 is 4.79 Å². The van der Waals surface area contributed by atoms with Gasteiger partial charge in [0.25, 0.3) is 0 Å². The van der Waals surface area contributed by atoms with Gasteiger partial charge in [0.15, 0.2) is 0 Å². The van der Waals surface area contributed by atoms with Gasteiger partial charge in [-0.2, -0.15) is 5.10 Å². The van der Waals surface area contributed by atoms with Crippen LogP contribution in [-0.2, 0) is 17.9 Å². The van der Waals surface area contributed by atoms with E-state index in [1.165, 1.54) is 5.56 Å². The zero-order valence-electron chi connectivity index (χ0n) is 15.5. The van der Waals surface area contributed by atoms with Crippen molar-refractivity contribution in [3.05, 3.63) is 76.6 Å². The first-order chi connectivity index (χ1) is 13.0. The third-order valence-corrected chi connectivity index (χ3v) is 4.55. The molecule has 0 saturated heterocycles. The second-order valence-electron chi connectivity index (χ2n) is 6.48. The SMILES string of the molecule is Cc1cc(C)n(CCC(=O)Nc2ccc(NCc3ccccc3)c(Cl)c2)n1. The second kappa shape index (κ2) is 8.73. The third kappa shape index (κ3) is 5.34. The number of aromatic nitrogens is 2. The Hall–Kier alpha value is -2.79. The monoisotopic (exact) mass is 382 g/mol. The molecule has 2 aromatic carbocycles. The molecule has 27 heavy (non-hydrogen) atoms. The lowest BCUT2D eigenvalue weighted by Crippen LogP contribution is -2.15. The van der Waals surface area contributed by atoms with Gasteiger partial charge in [0.2, 0.25) is 5.91 Å². The fourth-order valence-electron chi connectivity index (χ4n) is 2.86. The molecule has 3 aromatic rings. The Morgan fingerprint density at radius 1 is 1.11 bits per heavy atom. The molecule has 0 radical (unpaired) electrons. The van der Waals surface area contributed by atoms with Crippen molar-refractivity contribution in [2.24, 2.45) is 0 Å². The van der Waals surface area contributed by atoms with Crippen LogP contribution in [0.3, 0.4) is 0 Å². The lowest BCUT2D eigenvalue weighted by molar-refractivity contribution is -0.116. The fraction of sp³-hybridized carbons (Fsp3) is 0.238. The average Bonchev–Trinajstić information content (AvgIpc) is 2.97. The van der Waals surface area contributed by atoms with Crippen LogP contribution in [0.25, 0.3) is 0 Å². The van der Waals surface area contributed by atoms with E-state index in [0.717, 1.165) is 17.1 Å². The van der Waals surface area contributed by atoms with Crippen LogP contribution in [0.4, 0.5) is 11.4 Å². The van der Waals surface area contributed by atoms with Gasteiger partial charge >= 0.3 is 0 Å². The normalized spacial score (nSPS) is 10.6. The summed E-state index contributed by atoms with van der Waals surface area (Å²) in [5.41, 5.74) is 4.70. The summed E-state index contributed by atoms with van der Waals surface area (Å²) in [6, 6.07) is 17.6. The maximum Gasteiger partial charge on any atom is 0.226 e. The largest absolute Gasteiger partial charge is 0.380 e. The van der Waals surface area contributed by atoms with Gasteiger partial charge in [0.1, 0.15) is 0 Å². The third-order valence-electron chi connectivity index (χ3n) is 4.23. The van der Waals surface area contributed by atoms with Gasteiger partial charge in [-0.3, -0.25) is 9.48 Å². The molecule has 3 rings (SSSR count). The Morgan fingerprint density at radius 2 is 1.89 bits per heavy atom. The Labute approximate surface area is 164 Å². The first kappa shape index (κ1) is 19.0. The molecule has 0 aliphatic rings. The Morgan fingerprint density at radius 3 is 2.56 bits per heavy atom.